The van der Waals surface area contributed by atoms with Gasteiger partial charge in [-0.15, -0.1) is 0 Å². The predicted octanol–water partition coefficient (Wildman–Crippen LogP) is 2.16. The number of H-pyrrole nitrogens is 1. The highest BCUT2D eigenvalue weighted by atomic mass is 16.5. The van der Waals surface area contributed by atoms with Crippen molar-refractivity contribution in [3.8, 4) is 11.4 Å². The molecule has 0 aliphatic rings. The summed E-state index contributed by atoms with van der Waals surface area (Å²) in [7, 11) is 0. The largest absolute Gasteiger partial charge is 0.449 e. The highest BCUT2D eigenvalue weighted by molar-refractivity contribution is 5.79. The molecule has 1 amide bonds. The Morgan fingerprint density at radius 2 is 2.26 bits per heavy atom. The van der Waals surface area contributed by atoms with Crippen LogP contribution in [0.5, 0.6) is 0 Å². The maximum absolute atomic E-state index is 11.0. The van der Waals surface area contributed by atoms with Gasteiger partial charge in [-0.1, -0.05) is 30.3 Å². The second kappa shape index (κ2) is 6.34. The van der Waals surface area contributed by atoms with Crippen molar-refractivity contribution in [2.45, 2.75) is 6.92 Å². The van der Waals surface area contributed by atoms with Gasteiger partial charge >= 0.3 is 6.09 Å². The van der Waals surface area contributed by atoms with Crippen LogP contribution in [0.1, 0.15) is 12.6 Å². The summed E-state index contributed by atoms with van der Waals surface area (Å²) in [5, 5.41) is 3.74. The summed E-state index contributed by atoms with van der Waals surface area (Å²) < 4.78 is 4.66. The van der Waals surface area contributed by atoms with E-state index in [-0.39, 0.29) is 0 Å². The monoisotopic (exact) mass is 258 g/mol. The summed E-state index contributed by atoms with van der Waals surface area (Å²) in [4.78, 5) is 18.4. The Hall–Kier alpha value is -2.63. The number of carbonyl (C=O) groups is 1. The van der Waals surface area contributed by atoms with Crippen molar-refractivity contribution < 1.29 is 9.53 Å². The molecule has 0 aliphatic carbocycles. The molecule has 1 heterocycles. The smallest absolute Gasteiger partial charge is 0.427 e. The van der Waals surface area contributed by atoms with E-state index in [1.165, 1.54) is 6.21 Å². The van der Waals surface area contributed by atoms with Gasteiger partial charge in [0.05, 0.1) is 12.8 Å². The van der Waals surface area contributed by atoms with Crippen LogP contribution >= 0.6 is 0 Å². The van der Waals surface area contributed by atoms with Crippen molar-refractivity contribution in [2.24, 2.45) is 5.10 Å². The zero-order chi connectivity index (χ0) is 13.5. The lowest BCUT2D eigenvalue weighted by Crippen LogP contribution is -2.18. The number of nitrogens with one attached hydrogen (secondary N) is 2. The van der Waals surface area contributed by atoms with Crippen LogP contribution in [0, 0.1) is 0 Å². The minimum Gasteiger partial charge on any atom is -0.449 e. The van der Waals surface area contributed by atoms with Crippen molar-refractivity contribution in [3.05, 3.63) is 42.2 Å². The number of rotatable bonds is 4. The van der Waals surface area contributed by atoms with Gasteiger partial charge in [0.2, 0.25) is 0 Å². The number of hydrogen-bond donors (Lipinski definition) is 2. The van der Waals surface area contributed by atoms with Gasteiger partial charge in [-0.05, 0) is 6.92 Å². The fourth-order valence-corrected chi connectivity index (χ4v) is 1.46. The van der Waals surface area contributed by atoms with Gasteiger partial charge in [-0.2, -0.15) is 5.10 Å². The van der Waals surface area contributed by atoms with Crippen LogP contribution in [0.15, 0.2) is 41.6 Å². The number of benzene rings is 1. The van der Waals surface area contributed by atoms with Gasteiger partial charge in [0.1, 0.15) is 11.5 Å². The van der Waals surface area contributed by atoms with E-state index in [1.54, 1.807) is 13.1 Å². The molecule has 0 unspecified atom stereocenters. The van der Waals surface area contributed by atoms with Crippen LogP contribution in [-0.2, 0) is 4.74 Å². The molecule has 6 heteroatoms. The molecule has 0 bridgehead atoms. The Morgan fingerprint density at radius 1 is 1.47 bits per heavy atom. The van der Waals surface area contributed by atoms with Crippen LogP contribution in [0.4, 0.5) is 4.79 Å². The number of nitrogens with zero attached hydrogens (tertiary/aromatic N) is 2. The molecule has 1 aromatic carbocycles. The van der Waals surface area contributed by atoms with Gasteiger partial charge in [0.15, 0.2) is 0 Å². The van der Waals surface area contributed by atoms with E-state index in [9.17, 15) is 4.79 Å². The molecule has 0 spiro atoms. The third-order valence-corrected chi connectivity index (χ3v) is 2.27. The molecule has 0 atom stereocenters. The highest BCUT2D eigenvalue weighted by Gasteiger charge is 2.01. The molecule has 0 aliphatic heterocycles. The lowest BCUT2D eigenvalue weighted by Gasteiger charge is -1.97. The van der Waals surface area contributed by atoms with Gasteiger partial charge in [-0.25, -0.2) is 15.2 Å². The van der Waals surface area contributed by atoms with Crippen LogP contribution in [0.2, 0.25) is 0 Å². The fourth-order valence-electron chi connectivity index (χ4n) is 1.46. The Bertz CT molecular complexity index is 563. The molecule has 0 fully saturated rings. The molecule has 6 nitrogen and oxygen atoms in total. The SMILES string of the molecule is CCOC(=O)N/N=C\c1c[nH]c(-c2ccccc2)n1. The first-order chi connectivity index (χ1) is 9.29. The molecule has 98 valence electrons. The maximum Gasteiger partial charge on any atom is 0.427 e. The number of aromatic nitrogens is 2. The van der Waals surface area contributed by atoms with Crippen LogP contribution in [0.3, 0.4) is 0 Å². The zero-order valence-electron chi connectivity index (χ0n) is 10.5. The second-order valence-electron chi connectivity index (χ2n) is 3.63. The number of aromatic amines is 1. The molecule has 0 radical (unpaired) electrons. The molecular weight excluding hydrogens is 244 g/mol. The molecule has 2 rings (SSSR count). The summed E-state index contributed by atoms with van der Waals surface area (Å²) in [6.07, 6.45) is 2.57. The van der Waals surface area contributed by atoms with E-state index in [1.807, 2.05) is 30.3 Å². The summed E-state index contributed by atoms with van der Waals surface area (Å²) >= 11 is 0. The molecule has 1 aromatic heterocycles. The van der Waals surface area contributed by atoms with Crippen molar-refractivity contribution in [2.75, 3.05) is 6.61 Å². The van der Waals surface area contributed by atoms with Gasteiger partial charge < -0.3 is 9.72 Å². The number of hydrazone groups is 1. The van der Waals surface area contributed by atoms with Gasteiger partial charge in [0.25, 0.3) is 0 Å². The van der Waals surface area contributed by atoms with E-state index in [0.717, 1.165) is 11.4 Å². The molecule has 19 heavy (non-hydrogen) atoms. The first-order valence-electron chi connectivity index (χ1n) is 5.86. The van der Waals surface area contributed by atoms with Gasteiger partial charge in [0, 0.05) is 11.8 Å². The standard InChI is InChI=1S/C13H14N4O2/c1-2-19-13(18)17-15-9-11-8-14-12(16-11)10-6-4-3-5-7-10/h3-9H,2H2,1H3,(H,14,16)(H,17,18)/b15-9-. The molecule has 0 saturated heterocycles. The van der Waals surface area contributed by atoms with E-state index in [0.29, 0.717) is 12.3 Å². The number of amides is 1. The lowest BCUT2D eigenvalue weighted by molar-refractivity contribution is 0.152. The van der Waals surface area contributed by atoms with E-state index < -0.39 is 6.09 Å². The first kappa shape index (κ1) is 12.8. The second-order valence-corrected chi connectivity index (χ2v) is 3.63. The fraction of sp³-hybridized carbons (Fsp3) is 0.154. The molecular formula is C13H14N4O2. The van der Waals surface area contributed by atoms with E-state index in [2.05, 4.69) is 25.2 Å². The lowest BCUT2D eigenvalue weighted by atomic mass is 10.2. The molecule has 2 N–H and O–H groups in total. The zero-order valence-corrected chi connectivity index (χ0v) is 10.5. The van der Waals surface area contributed by atoms with Crippen LogP contribution in [0.25, 0.3) is 11.4 Å². The Balaban J connectivity index is 1.98. The summed E-state index contributed by atoms with van der Waals surface area (Å²) in [5.74, 6) is 0.748. The predicted molar refractivity (Wildman–Crippen MR) is 71.8 cm³/mol. The minimum absolute atomic E-state index is 0.307. The third-order valence-electron chi connectivity index (χ3n) is 2.27. The summed E-state index contributed by atoms with van der Waals surface area (Å²) in [6, 6.07) is 9.73. The van der Waals surface area contributed by atoms with Crippen molar-refractivity contribution >= 4 is 12.3 Å². The highest BCUT2D eigenvalue weighted by Crippen LogP contribution is 2.13. The molecule has 0 saturated carbocycles. The Morgan fingerprint density at radius 3 is 3.00 bits per heavy atom. The molecule has 2 aromatic rings. The summed E-state index contributed by atoms with van der Waals surface area (Å²) in [6.45, 7) is 2.03. The number of ether oxygens (including phenoxy) is 1. The van der Waals surface area contributed by atoms with Crippen LogP contribution in [-0.4, -0.2) is 28.9 Å². The third kappa shape index (κ3) is 3.67. The van der Waals surface area contributed by atoms with E-state index in [4.69, 9.17) is 0 Å². The van der Waals surface area contributed by atoms with Crippen molar-refractivity contribution in [3.63, 3.8) is 0 Å². The van der Waals surface area contributed by atoms with Crippen molar-refractivity contribution in [1.82, 2.24) is 15.4 Å². The minimum atomic E-state index is -0.586. The van der Waals surface area contributed by atoms with Gasteiger partial charge in [-0.3, -0.25) is 0 Å². The van der Waals surface area contributed by atoms with Crippen molar-refractivity contribution in [1.29, 1.82) is 0 Å². The average molecular weight is 258 g/mol. The topological polar surface area (TPSA) is 79.4 Å². The average Bonchev–Trinajstić information content (AvgIpc) is 2.89. The van der Waals surface area contributed by atoms with Crippen LogP contribution < -0.4 is 5.43 Å². The maximum atomic E-state index is 11.0. The summed E-state index contributed by atoms with van der Waals surface area (Å²) in [5.41, 5.74) is 3.84. The normalized spacial score (nSPS) is 10.6. The van der Waals surface area contributed by atoms with E-state index >= 15 is 0 Å². The number of imidazole rings is 1. The first-order valence-corrected chi connectivity index (χ1v) is 5.86. The quantitative estimate of drug-likeness (QED) is 0.651. The number of hydrogen-bond acceptors (Lipinski definition) is 4. The number of carbonyl (C=O) groups excluding carboxylic acids is 1. The Labute approximate surface area is 110 Å². The Kier molecular flexibility index (Phi) is 4.28.